The molecule has 0 unspecified atom stereocenters. The molecule has 2 atom stereocenters. The number of carbonyl (C=O) groups is 3. The molecule has 1 aromatic rings. The van der Waals surface area contributed by atoms with Crippen LogP contribution in [0.25, 0.3) is 0 Å². The van der Waals surface area contributed by atoms with Gasteiger partial charge in [-0.15, -0.1) is 0 Å². The number of nitrogens with one attached hydrogen (secondary N) is 1. The largest absolute Gasteiger partial charge is 0.455 e. The van der Waals surface area contributed by atoms with Crippen molar-refractivity contribution in [3.8, 4) is 0 Å². The fourth-order valence-corrected chi connectivity index (χ4v) is 3.08. The lowest BCUT2D eigenvalue weighted by Gasteiger charge is -2.28. The number of morpholine rings is 1. The second-order valence-corrected chi connectivity index (χ2v) is 7.37. The standard InChI is InChI=1S/C20H27N3O5/c1-14-11-17(14)20(26)28-13-19(25)22(2)12-18(24)21-15-3-5-16(6-4-15)23-7-9-27-10-8-23/h3-6,14,17H,7-13H2,1-2H3,(H,21,24)/t14-,17+/m1/s1. The maximum absolute atomic E-state index is 12.2. The number of carbonyl (C=O) groups excluding carboxylic acids is 3. The van der Waals surface area contributed by atoms with Crippen molar-refractivity contribution in [2.75, 3.05) is 56.7 Å². The highest BCUT2D eigenvalue weighted by atomic mass is 16.5. The van der Waals surface area contributed by atoms with E-state index in [4.69, 9.17) is 9.47 Å². The van der Waals surface area contributed by atoms with Gasteiger partial charge in [-0.05, 0) is 36.6 Å². The summed E-state index contributed by atoms with van der Waals surface area (Å²) in [6, 6.07) is 7.58. The molecule has 1 saturated heterocycles. The summed E-state index contributed by atoms with van der Waals surface area (Å²) in [5, 5.41) is 2.77. The molecule has 1 heterocycles. The predicted molar refractivity (Wildman–Crippen MR) is 104 cm³/mol. The predicted octanol–water partition coefficient (Wildman–Crippen LogP) is 1.12. The molecule has 1 saturated carbocycles. The Balaban J connectivity index is 1.41. The van der Waals surface area contributed by atoms with Crippen LogP contribution in [0, 0.1) is 11.8 Å². The van der Waals surface area contributed by atoms with E-state index < -0.39 is 5.91 Å². The molecular formula is C20H27N3O5. The van der Waals surface area contributed by atoms with E-state index in [1.165, 1.54) is 11.9 Å². The smallest absolute Gasteiger partial charge is 0.309 e. The van der Waals surface area contributed by atoms with Crippen LogP contribution in [0.4, 0.5) is 11.4 Å². The zero-order valence-corrected chi connectivity index (χ0v) is 16.3. The number of hydrogen-bond acceptors (Lipinski definition) is 6. The average molecular weight is 389 g/mol. The van der Waals surface area contributed by atoms with Gasteiger partial charge in [-0.3, -0.25) is 14.4 Å². The van der Waals surface area contributed by atoms with Crippen LogP contribution < -0.4 is 10.2 Å². The average Bonchev–Trinajstić information content (AvgIpc) is 3.43. The highest BCUT2D eigenvalue weighted by Gasteiger charge is 2.40. The highest BCUT2D eigenvalue weighted by Crippen LogP contribution is 2.38. The molecule has 2 amide bonds. The number of likely N-dealkylation sites (N-methyl/N-ethyl adjacent to an activating group) is 1. The van der Waals surface area contributed by atoms with Gasteiger partial charge in [0.1, 0.15) is 0 Å². The molecule has 8 heteroatoms. The first-order chi connectivity index (χ1) is 13.4. The highest BCUT2D eigenvalue weighted by molar-refractivity contribution is 5.95. The van der Waals surface area contributed by atoms with Crippen molar-refractivity contribution in [1.82, 2.24) is 4.90 Å². The van der Waals surface area contributed by atoms with Gasteiger partial charge < -0.3 is 24.6 Å². The number of ether oxygens (including phenoxy) is 2. The quantitative estimate of drug-likeness (QED) is 0.703. The normalized spacial score (nSPS) is 21.0. The van der Waals surface area contributed by atoms with Crippen molar-refractivity contribution in [2.24, 2.45) is 11.8 Å². The van der Waals surface area contributed by atoms with Crippen LogP contribution in [-0.2, 0) is 23.9 Å². The Labute approximate surface area is 164 Å². The number of esters is 1. The SMILES string of the molecule is C[C@@H]1C[C@@H]1C(=O)OCC(=O)N(C)CC(=O)Nc1ccc(N2CCOCC2)cc1. The lowest BCUT2D eigenvalue weighted by molar-refractivity contribution is -0.153. The lowest BCUT2D eigenvalue weighted by atomic mass is 10.2. The summed E-state index contributed by atoms with van der Waals surface area (Å²) in [7, 11) is 1.51. The minimum Gasteiger partial charge on any atom is -0.455 e. The first-order valence-corrected chi connectivity index (χ1v) is 9.57. The van der Waals surface area contributed by atoms with Crippen LogP contribution in [0.5, 0.6) is 0 Å². The molecule has 0 bridgehead atoms. The molecule has 2 fully saturated rings. The molecule has 152 valence electrons. The van der Waals surface area contributed by atoms with E-state index in [-0.39, 0.29) is 30.9 Å². The maximum atomic E-state index is 12.2. The third kappa shape index (κ3) is 5.45. The van der Waals surface area contributed by atoms with Gasteiger partial charge in [-0.2, -0.15) is 0 Å². The summed E-state index contributed by atoms with van der Waals surface area (Å²) >= 11 is 0. The van der Waals surface area contributed by atoms with E-state index in [9.17, 15) is 14.4 Å². The Morgan fingerprint density at radius 3 is 2.46 bits per heavy atom. The third-order valence-electron chi connectivity index (χ3n) is 5.08. The molecule has 0 aromatic heterocycles. The number of benzene rings is 1. The summed E-state index contributed by atoms with van der Waals surface area (Å²) in [4.78, 5) is 39.4. The monoisotopic (exact) mass is 389 g/mol. The number of hydrogen-bond donors (Lipinski definition) is 1. The maximum Gasteiger partial charge on any atom is 0.309 e. The van der Waals surface area contributed by atoms with Crippen LogP contribution >= 0.6 is 0 Å². The minimum absolute atomic E-state index is 0.0816. The van der Waals surface area contributed by atoms with Crippen molar-refractivity contribution >= 4 is 29.2 Å². The van der Waals surface area contributed by atoms with Gasteiger partial charge >= 0.3 is 5.97 Å². The van der Waals surface area contributed by atoms with Crippen LogP contribution in [0.3, 0.4) is 0 Å². The molecule has 8 nitrogen and oxygen atoms in total. The van der Waals surface area contributed by atoms with Gasteiger partial charge in [-0.1, -0.05) is 6.92 Å². The molecule has 0 radical (unpaired) electrons. The van der Waals surface area contributed by atoms with Crippen molar-refractivity contribution in [1.29, 1.82) is 0 Å². The fourth-order valence-electron chi connectivity index (χ4n) is 3.08. The molecular weight excluding hydrogens is 362 g/mol. The van der Waals surface area contributed by atoms with Crippen LogP contribution in [0.2, 0.25) is 0 Å². The number of nitrogens with zero attached hydrogens (tertiary/aromatic N) is 2. The molecule has 1 aliphatic carbocycles. The minimum atomic E-state index is -0.403. The first kappa shape index (κ1) is 20.1. The summed E-state index contributed by atoms with van der Waals surface area (Å²) < 4.78 is 10.4. The van der Waals surface area contributed by atoms with Gasteiger partial charge in [0.15, 0.2) is 6.61 Å². The van der Waals surface area contributed by atoms with Crippen LogP contribution in [-0.4, -0.2) is 69.2 Å². The van der Waals surface area contributed by atoms with Gasteiger partial charge in [0.25, 0.3) is 5.91 Å². The van der Waals surface area contributed by atoms with Crippen LogP contribution in [0.1, 0.15) is 13.3 Å². The molecule has 1 aliphatic heterocycles. The Morgan fingerprint density at radius 2 is 1.86 bits per heavy atom. The zero-order chi connectivity index (χ0) is 20.1. The Morgan fingerprint density at radius 1 is 1.21 bits per heavy atom. The first-order valence-electron chi connectivity index (χ1n) is 9.57. The molecule has 28 heavy (non-hydrogen) atoms. The molecule has 0 spiro atoms. The van der Waals surface area contributed by atoms with Gasteiger partial charge in [0.2, 0.25) is 5.91 Å². The van der Waals surface area contributed by atoms with Crippen molar-refractivity contribution in [3.63, 3.8) is 0 Å². The summed E-state index contributed by atoms with van der Waals surface area (Å²) in [6.07, 6.45) is 0.815. The zero-order valence-electron chi connectivity index (χ0n) is 16.3. The number of amides is 2. The topological polar surface area (TPSA) is 88.2 Å². The van der Waals surface area contributed by atoms with E-state index >= 15 is 0 Å². The molecule has 2 aliphatic rings. The summed E-state index contributed by atoms with van der Waals surface area (Å²) in [5.74, 6) is -0.793. The lowest BCUT2D eigenvalue weighted by Crippen LogP contribution is -2.37. The van der Waals surface area contributed by atoms with E-state index in [0.29, 0.717) is 24.8 Å². The van der Waals surface area contributed by atoms with Gasteiger partial charge in [0, 0.05) is 31.5 Å². The number of rotatable bonds is 7. The summed E-state index contributed by atoms with van der Waals surface area (Å²) in [5.41, 5.74) is 1.75. The van der Waals surface area contributed by atoms with E-state index in [0.717, 1.165) is 25.2 Å². The Bertz CT molecular complexity index is 715. The van der Waals surface area contributed by atoms with E-state index in [2.05, 4.69) is 10.2 Å². The second-order valence-electron chi connectivity index (χ2n) is 7.37. The third-order valence-corrected chi connectivity index (χ3v) is 5.08. The van der Waals surface area contributed by atoms with Crippen LogP contribution in [0.15, 0.2) is 24.3 Å². The number of anilines is 2. The van der Waals surface area contributed by atoms with Crippen molar-refractivity contribution < 1.29 is 23.9 Å². The Kier molecular flexibility index (Phi) is 6.51. The summed E-state index contributed by atoms with van der Waals surface area (Å²) in [6.45, 7) is 4.66. The second kappa shape index (κ2) is 9.05. The van der Waals surface area contributed by atoms with Gasteiger partial charge in [-0.25, -0.2) is 0 Å². The molecule has 1 aromatic carbocycles. The Hall–Kier alpha value is -2.61. The van der Waals surface area contributed by atoms with Crippen molar-refractivity contribution in [3.05, 3.63) is 24.3 Å². The molecule has 1 N–H and O–H groups in total. The van der Waals surface area contributed by atoms with Crippen molar-refractivity contribution in [2.45, 2.75) is 13.3 Å². The van der Waals surface area contributed by atoms with E-state index in [1.807, 2.05) is 31.2 Å². The molecule has 3 rings (SSSR count). The van der Waals surface area contributed by atoms with Gasteiger partial charge in [0.05, 0.1) is 25.7 Å². The fraction of sp³-hybridized carbons (Fsp3) is 0.550. The van der Waals surface area contributed by atoms with E-state index in [1.54, 1.807) is 0 Å².